The Balaban J connectivity index is 1.29. The zero-order valence-corrected chi connectivity index (χ0v) is 19.8. The second-order valence-electron chi connectivity index (χ2n) is 9.41. The zero-order valence-electron chi connectivity index (χ0n) is 19.8. The molecular weight excluding hydrogens is 412 g/mol. The number of carbonyl (C=O) groups excluding carboxylic acids is 1. The maximum Gasteiger partial charge on any atom is 0.415 e. The lowest BCUT2D eigenvalue weighted by molar-refractivity contribution is 0.0862. The molecule has 5 nitrogen and oxygen atoms in total. The number of aryl methyl sites for hydroxylation is 1. The van der Waals surface area contributed by atoms with Crippen molar-refractivity contribution in [3.8, 4) is 5.95 Å². The number of carbonyl (C=O) groups is 1. The monoisotopic (exact) mass is 446 g/mol. The summed E-state index contributed by atoms with van der Waals surface area (Å²) in [6.07, 6.45) is 5.16. The molecule has 0 unspecified atom stereocenters. The second kappa shape index (κ2) is 10.3. The number of ether oxygens (including phenoxy) is 1. The number of nitrogens with one attached hydrogen (secondary N) is 1. The number of amides is 1. The summed E-state index contributed by atoms with van der Waals surface area (Å²) in [5.74, 6) is 1.00. The van der Waals surface area contributed by atoms with Gasteiger partial charge in [0.05, 0.1) is 0 Å². The molecule has 0 aliphatic heterocycles. The molecule has 0 spiro atoms. The van der Waals surface area contributed by atoms with Gasteiger partial charge in [-0.3, -0.25) is 0 Å². The third kappa shape index (κ3) is 5.85. The molecule has 0 saturated heterocycles. The van der Waals surface area contributed by atoms with Gasteiger partial charge in [-0.2, -0.15) is 0 Å². The number of furan rings is 1. The first-order valence-corrected chi connectivity index (χ1v) is 11.8. The number of hydrogen-bond donors (Lipinski definition) is 1. The highest BCUT2D eigenvalue weighted by Crippen LogP contribution is 2.36. The van der Waals surface area contributed by atoms with Crippen LogP contribution in [0.25, 0.3) is 0 Å². The van der Waals surface area contributed by atoms with E-state index in [0.29, 0.717) is 6.42 Å². The van der Waals surface area contributed by atoms with E-state index in [1.165, 1.54) is 11.1 Å². The van der Waals surface area contributed by atoms with Crippen molar-refractivity contribution in [3.63, 3.8) is 0 Å². The Morgan fingerprint density at radius 1 is 1.03 bits per heavy atom. The number of hydrogen-bond acceptors (Lipinski definition) is 4. The van der Waals surface area contributed by atoms with E-state index in [-0.39, 0.29) is 17.5 Å². The van der Waals surface area contributed by atoms with Crippen LogP contribution in [0, 0.1) is 6.92 Å². The molecule has 174 valence electrons. The minimum Gasteiger partial charge on any atom is -0.430 e. The van der Waals surface area contributed by atoms with Crippen LogP contribution in [-0.2, 0) is 12.8 Å². The van der Waals surface area contributed by atoms with Crippen LogP contribution < -0.4 is 10.1 Å². The first-order chi connectivity index (χ1) is 15.9. The third-order valence-corrected chi connectivity index (χ3v) is 7.02. The normalized spacial score (nSPS) is 20.5. The summed E-state index contributed by atoms with van der Waals surface area (Å²) in [4.78, 5) is 14.8. The van der Waals surface area contributed by atoms with E-state index >= 15 is 0 Å². The molecule has 1 fully saturated rings. The van der Waals surface area contributed by atoms with Crippen molar-refractivity contribution in [3.05, 3.63) is 89.2 Å². The van der Waals surface area contributed by atoms with Gasteiger partial charge in [0.15, 0.2) is 0 Å². The van der Waals surface area contributed by atoms with Crippen molar-refractivity contribution < 1.29 is 13.9 Å². The fourth-order valence-corrected chi connectivity index (χ4v) is 4.84. The van der Waals surface area contributed by atoms with E-state index in [1.54, 1.807) is 6.07 Å². The highest BCUT2D eigenvalue weighted by Gasteiger charge is 2.38. The molecule has 4 rings (SSSR count). The van der Waals surface area contributed by atoms with Gasteiger partial charge in [0.25, 0.3) is 5.95 Å². The van der Waals surface area contributed by atoms with Gasteiger partial charge in [0, 0.05) is 24.1 Å². The second-order valence-corrected chi connectivity index (χ2v) is 9.41. The Kier molecular flexibility index (Phi) is 7.19. The summed E-state index contributed by atoms with van der Waals surface area (Å²) < 4.78 is 11.1. The number of nitrogens with zero attached hydrogens (tertiary/aromatic N) is 1. The lowest BCUT2D eigenvalue weighted by Crippen LogP contribution is -2.52. The molecule has 1 N–H and O–H groups in total. The first-order valence-electron chi connectivity index (χ1n) is 11.8. The van der Waals surface area contributed by atoms with E-state index in [2.05, 4.69) is 55.5 Å². The number of likely N-dealkylation sites (N-methyl/N-ethyl adjacent to an activating group) is 1. The van der Waals surface area contributed by atoms with Gasteiger partial charge in [0.2, 0.25) is 0 Å². The van der Waals surface area contributed by atoms with Crippen molar-refractivity contribution in [2.24, 2.45) is 0 Å². The summed E-state index contributed by atoms with van der Waals surface area (Å²) in [6, 6.07) is 22.4. The fraction of sp³-hybridized carbons (Fsp3) is 0.393. The Labute approximate surface area is 196 Å². The molecule has 0 radical (unpaired) electrons. The number of rotatable bonds is 7. The third-order valence-electron chi connectivity index (χ3n) is 7.02. The average molecular weight is 447 g/mol. The molecule has 0 bridgehead atoms. The zero-order chi connectivity index (χ0) is 23.3. The van der Waals surface area contributed by atoms with E-state index in [9.17, 15) is 4.79 Å². The van der Waals surface area contributed by atoms with Crippen molar-refractivity contribution in [1.29, 1.82) is 0 Å². The van der Waals surface area contributed by atoms with Gasteiger partial charge in [-0.25, -0.2) is 4.79 Å². The van der Waals surface area contributed by atoms with Crippen LogP contribution in [0.15, 0.2) is 71.1 Å². The molecule has 0 atom stereocenters. The first kappa shape index (κ1) is 23.1. The minimum absolute atomic E-state index is 0.112. The van der Waals surface area contributed by atoms with Crippen molar-refractivity contribution >= 4 is 6.09 Å². The molecular formula is C28H34N2O3. The van der Waals surface area contributed by atoms with Crippen LogP contribution in [0.1, 0.15) is 48.1 Å². The van der Waals surface area contributed by atoms with Crippen LogP contribution in [0.4, 0.5) is 4.79 Å². The van der Waals surface area contributed by atoms with Gasteiger partial charge >= 0.3 is 6.09 Å². The van der Waals surface area contributed by atoms with Crippen LogP contribution in [-0.4, -0.2) is 36.7 Å². The molecule has 1 saturated carbocycles. The van der Waals surface area contributed by atoms with Gasteiger partial charge in [-0.05, 0) is 75.9 Å². The van der Waals surface area contributed by atoms with Crippen LogP contribution in [0.2, 0.25) is 0 Å². The predicted octanol–water partition coefficient (Wildman–Crippen LogP) is 5.75. The molecule has 1 aromatic heterocycles. The maximum absolute atomic E-state index is 12.5. The highest BCUT2D eigenvalue weighted by molar-refractivity contribution is 5.70. The highest BCUT2D eigenvalue weighted by atomic mass is 16.6. The predicted molar refractivity (Wildman–Crippen MR) is 131 cm³/mol. The molecule has 2 aromatic carbocycles. The van der Waals surface area contributed by atoms with Crippen LogP contribution >= 0.6 is 0 Å². The molecule has 1 amide bonds. The van der Waals surface area contributed by atoms with Gasteiger partial charge in [0.1, 0.15) is 5.76 Å². The summed E-state index contributed by atoms with van der Waals surface area (Å²) >= 11 is 0. The summed E-state index contributed by atoms with van der Waals surface area (Å²) in [6.45, 7) is 2.18. The number of benzene rings is 2. The van der Waals surface area contributed by atoms with E-state index < -0.39 is 6.09 Å². The van der Waals surface area contributed by atoms with E-state index in [0.717, 1.165) is 43.4 Å². The molecule has 1 aliphatic rings. The Morgan fingerprint density at radius 2 is 1.73 bits per heavy atom. The topological polar surface area (TPSA) is 54.7 Å². The lowest BCUT2D eigenvalue weighted by atomic mass is 9.74. The van der Waals surface area contributed by atoms with Gasteiger partial charge in [-0.15, -0.1) is 0 Å². The van der Waals surface area contributed by atoms with Crippen LogP contribution in [0.3, 0.4) is 0 Å². The lowest BCUT2D eigenvalue weighted by Gasteiger charge is -2.45. The summed E-state index contributed by atoms with van der Waals surface area (Å²) in [5, 5.41) is 3.04. The molecule has 33 heavy (non-hydrogen) atoms. The quantitative estimate of drug-likeness (QED) is 0.502. The van der Waals surface area contributed by atoms with E-state index in [1.807, 2.05) is 36.4 Å². The SMILES string of the molecule is Cc1ccccc1CC1(N(C)C)CCC(NC(=O)Oc2ccc(Cc3ccccc3)o2)CC1. The van der Waals surface area contributed by atoms with Crippen LogP contribution in [0.5, 0.6) is 5.95 Å². The standard InChI is InChI=1S/C28H34N2O3/c1-21-9-7-8-12-23(21)20-28(30(2)3)17-15-24(16-18-28)29-27(31)33-26-14-13-25(32-26)19-22-10-5-4-6-11-22/h4-14,24H,15-20H2,1-3H3,(H,29,31). The molecule has 1 aliphatic carbocycles. The fourth-order valence-electron chi connectivity index (χ4n) is 4.84. The van der Waals surface area contributed by atoms with Gasteiger partial charge < -0.3 is 19.4 Å². The van der Waals surface area contributed by atoms with Crippen molar-refractivity contribution in [2.45, 2.75) is 57.0 Å². The molecule has 1 heterocycles. The van der Waals surface area contributed by atoms with Crippen molar-refractivity contribution in [1.82, 2.24) is 10.2 Å². The summed E-state index contributed by atoms with van der Waals surface area (Å²) in [7, 11) is 4.34. The Bertz CT molecular complexity index is 1050. The summed E-state index contributed by atoms with van der Waals surface area (Å²) in [5.41, 5.74) is 4.01. The Morgan fingerprint density at radius 3 is 2.42 bits per heavy atom. The van der Waals surface area contributed by atoms with E-state index in [4.69, 9.17) is 9.15 Å². The smallest absolute Gasteiger partial charge is 0.415 e. The molecule has 5 heteroatoms. The maximum atomic E-state index is 12.5. The Hall–Kier alpha value is -3.05. The average Bonchev–Trinajstić information content (AvgIpc) is 3.23. The largest absolute Gasteiger partial charge is 0.430 e. The van der Waals surface area contributed by atoms with Crippen molar-refractivity contribution in [2.75, 3.05) is 14.1 Å². The van der Waals surface area contributed by atoms with Gasteiger partial charge in [-0.1, -0.05) is 54.6 Å². The minimum atomic E-state index is -0.447. The molecule has 3 aromatic rings.